The number of nitrogens with zero attached hydrogens (tertiary/aromatic N) is 2. The Labute approximate surface area is 116 Å². The lowest BCUT2D eigenvalue weighted by atomic mass is 9.98. The third-order valence-electron chi connectivity index (χ3n) is 3.81. The smallest absolute Gasteiger partial charge is 0.257 e. The Hall–Kier alpha value is -1.55. The monoisotopic (exact) mass is 278 g/mol. The highest BCUT2D eigenvalue weighted by Gasteiger charge is 2.40. The summed E-state index contributed by atoms with van der Waals surface area (Å²) in [6.45, 7) is 0.712. The molecule has 0 saturated carbocycles. The Morgan fingerprint density at radius 3 is 2.89 bits per heavy atom. The first-order valence-electron chi connectivity index (χ1n) is 6.52. The summed E-state index contributed by atoms with van der Waals surface area (Å²) in [5, 5.41) is 0. The lowest BCUT2D eigenvalue weighted by Gasteiger charge is -2.46. The van der Waals surface area contributed by atoms with Gasteiger partial charge >= 0.3 is 0 Å². The molecule has 19 heavy (non-hydrogen) atoms. The third kappa shape index (κ3) is 1.91. The number of anilines is 1. The molecule has 2 heterocycles. The highest BCUT2D eigenvalue weighted by Crippen LogP contribution is 2.35. The van der Waals surface area contributed by atoms with E-state index in [9.17, 15) is 9.59 Å². The molecule has 1 atom stereocenters. The summed E-state index contributed by atoms with van der Waals surface area (Å²) in [7, 11) is 0. The molecule has 0 aromatic heterocycles. The van der Waals surface area contributed by atoms with Gasteiger partial charge in [-0.3, -0.25) is 14.5 Å². The first-order valence-corrected chi connectivity index (χ1v) is 7.05. The minimum atomic E-state index is -0.164. The Morgan fingerprint density at radius 1 is 1.32 bits per heavy atom. The minimum absolute atomic E-state index is 0.0268. The molecule has 0 bridgehead atoms. The highest BCUT2D eigenvalue weighted by molar-refractivity contribution is 6.30. The molecule has 1 aromatic carbocycles. The van der Waals surface area contributed by atoms with Crippen LogP contribution in [0.5, 0.6) is 0 Å². The van der Waals surface area contributed by atoms with Crippen LogP contribution in [0.3, 0.4) is 0 Å². The van der Waals surface area contributed by atoms with Crippen LogP contribution in [0.15, 0.2) is 24.3 Å². The standard InChI is InChI=1S/C14H15ClN2O2/c15-9-13(18)17-11-6-2-1-5-10(11)14(19)16-8-4-3-7-12(16)17/h1-2,5-6,12H,3-4,7-9H2. The Bertz CT molecular complexity index is 532. The molecule has 3 rings (SSSR count). The van der Waals surface area contributed by atoms with Gasteiger partial charge < -0.3 is 4.90 Å². The molecule has 100 valence electrons. The van der Waals surface area contributed by atoms with Crippen LogP contribution in [0, 0.1) is 0 Å². The summed E-state index contributed by atoms with van der Waals surface area (Å²) in [6.07, 6.45) is 2.68. The van der Waals surface area contributed by atoms with Gasteiger partial charge in [0, 0.05) is 6.54 Å². The van der Waals surface area contributed by atoms with E-state index in [0.717, 1.165) is 19.3 Å². The van der Waals surface area contributed by atoms with E-state index in [1.807, 2.05) is 18.2 Å². The Balaban J connectivity index is 2.12. The molecule has 1 aromatic rings. The van der Waals surface area contributed by atoms with E-state index in [0.29, 0.717) is 17.8 Å². The van der Waals surface area contributed by atoms with Crippen molar-refractivity contribution in [2.45, 2.75) is 25.4 Å². The number of benzene rings is 1. The molecule has 2 aliphatic heterocycles. The van der Waals surface area contributed by atoms with Gasteiger partial charge in [-0.15, -0.1) is 11.6 Å². The van der Waals surface area contributed by atoms with E-state index in [2.05, 4.69) is 0 Å². The van der Waals surface area contributed by atoms with Crippen molar-refractivity contribution in [3.63, 3.8) is 0 Å². The molecule has 1 unspecified atom stereocenters. The van der Waals surface area contributed by atoms with Gasteiger partial charge in [0.1, 0.15) is 12.0 Å². The van der Waals surface area contributed by atoms with Crippen molar-refractivity contribution in [2.75, 3.05) is 17.3 Å². The summed E-state index contributed by atoms with van der Waals surface area (Å²) >= 11 is 5.72. The maximum absolute atomic E-state index is 12.5. The number of para-hydroxylation sites is 1. The molecule has 2 aliphatic rings. The van der Waals surface area contributed by atoms with Crippen molar-refractivity contribution in [1.29, 1.82) is 0 Å². The van der Waals surface area contributed by atoms with Gasteiger partial charge in [0.25, 0.3) is 5.91 Å². The quantitative estimate of drug-likeness (QED) is 0.739. The fourth-order valence-electron chi connectivity index (χ4n) is 2.96. The van der Waals surface area contributed by atoms with Gasteiger partial charge in [0.05, 0.1) is 11.3 Å². The van der Waals surface area contributed by atoms with Crippen LogP contribution in [0.2, 0.25) is 0 Å². The SMILES string of the molecule is O=C1c2ccccc2N(C(=O)CCl)C2CCCCN12. The summed E-state index contributed by atoms with van der Waals surface area (Å²) < 4.78 is 0. The maximum atomic E-state index is 12.5. The lowest BCUT2D eigenvalue weighted by Crippen LogP contribution is -2.59. The van der Waals surface area contributed by atoms with Crippen molar-refractivity contribution in [3.8, 4) is 0 Å². The fraction of sp³-hybridized carbons (Fsp3) is 0.429. The summed E-state index contributed by atoms with van der Waals surface area (Å²) in [6, 6.07) is 7.27. The molecule has 1 saturated heterocycles. The van der Waals surface area contributed by atoms with Crippen LogP contribution in [0.25, 0.3) is 0 Å². The van der Waals surface area contributed by atoms with Gasteiger partial charge in [0.2, 0.25) is 5.91 Å². The molecule has 0 radical (unpaired) electrons. The highest BCUT2D eigenvalue weighted by atomic mass is 35.5. The first kappa shape index (κ1) is 12.5. The van der Waals surface area contributed by atoms with Gasteiger partial charge in [-0.25, -0.2) is 0 Å². The number of alkyl halides is 1. The molecule has 4 nitrogen and oxygen atoms in total. The topological polar surface area (TPSA) is 40.6 Å². The van der Waals surface area contributed by atoms with Crippen LogP contribution < -0.4 is 4.90 Å². The number of rotatable bonds is 1. The average molecular weight is 279 g/mol. The Kier molecular flexibility index (Phi) is 3.19. The number of piperidine rings is 1. The Morgan fingerprint density at radius 2 is 2.11 bits per heavy atom. The number of fused-ring (bicyclic) bond motifs is 2. The van der Waals surface area contributed by atoms with E-state index in [-0.39, 0.29) is 23.9 Å². The number of carbonyl (C=O) groups excluding carboxylic acids is 2. The van der Waals surface area contributed by atoms with Crippen LogP contribution in [0.1, 0.15) is 29.6 Å². The maximum Gasteiger partial charge on any atom is 0.257 e. The third-order valence-corrected chi connectivity index (χ3v) is 4.04. The van der Waals surface area contributed by atoms with Gasteiger partial charge in [0.15, 0.2) is 0 Å². The largest absolute Gasteiger partial charge is 0.318 e. The van der Waals surface area contributed by atoms with Crippen molar-refractivity contribution >= 4 is 29.1 Å². The van der Waals surface area contributed by atoms with Crippen LogP contribution in [-0.2, 0) is 4.79 Å². The van der Waals surface area contributed by atoms with Gasteiger partial charge in [-0.1, -0.05) is 12.1 Å². The molecule has 0 spiro atoms. The normalized spacial score (nSPS) is 21.9. The van der Waals surface area contributed by atoms with Crippen molar-refractivity contribution in [3.05, 3.63) is 29.8 Å². The number of amides is 2. The van der Waals surface area contributed by atoms with Crippen molar-refractivity contribution < 1.29 is 9.59 Å². The molecule has 0 N–H and O–H groups in total. The second kappa shape index (κ2) is 4.85. The second-order valence-electron chi connectivity index (χ2n) is 4.89. The molecule has 2 amide bonds. The van der Waals surface area contributed by atoms with E-state index in [1.54, 1.807) is 15.9 Å². The summed E-state index contributed by atoms with van der Waals surface area (Å²) in [4.78, 5) is 28.1. The van der Waals surface area contributed by atoms with Gasteiger partial charge in [-0.05, 0) is 31.4 Å². The predicted molar refractivity (Wildman–Crippen MR) is 73.3 cm³/mol. The van der Waals surface area contributed by atoms with Crippen molar-refractivity contribution in [2.24, 2.45) is 0 Å². The summed E-state index contributed by atoms with van der Waals surface area (Å²) in [5.41, 5.74) is 1.29. The molecule has 5 heteroatoms. The van der Waals surface area contributed by atoms with Crippen molar-refractivity contribution in [1.82, 2.24) is 4.90 Å². The van der Waals surface area contributed by atoms with Crippen LogP contribution >= 0.6 is 11.6 Å². The zero-order valence-corrected chi connectivity index (χ0v) is 11.3. The summed E-state index contributed by atoms with van der Waals surface area (Å²) in [5.74, 6) is -0.176. The van der Waals surface area contributed by atoms with Gasteiger partial charge in [-0.2, -0.15) is 0 Å². The number of halogens is 1. The lowest BCUT2D eigenvalue weighted by molar-refractivity contribution is -0.117. The molecular formula is C14H15ClN2O2. The number of hydrogen-bond donors (Lipinski definition) is 0. The van der Waals surface area contributed by atoms with E-state index in [1.165, 1.54) is 0 Å². The molecular weight excluding hydrogens is 264 g/mol. The first-order chi connectivity index (χ1) is 9.24. The zero-order chi connectivity index (χ0) is 13.4. The zero-order valence-electron chi connectivity index (χ0n) is 10.5. The number of carbonyl (C=O) groups is 2. The average Bonchev–Trinajstić information content (AvgIpc) is 2.47. The minimum Gasteiger partial charge on any atom is -0.318 e. The fourth-order valence-corrected chi connectivity index (χ4v) is 3.09. The van der Waals surface area contributed by atoms with E-state index in [4.69, 9.17) is 11.6 Å². The second-order valence-corrected chi connectivity index (χ2v) is 5.16. The predicted octanol–water partition coefficient (Wildman–Crippen LogP) is 2.22. The molecule has 0 aliphatic carbocycles. The van der Waals surface area contributed by atoms with Crippen LogP contribution in [0.4, 0.5) is 5.69 Å². The molecule has 1 fully saturated rings. The number of hydrogen-bond acceptors (Lipinski definition) is 2. The van der Waals surface area contributed by atoms with E-state index < -0.39 is 0 Å². The van der Waals surface area contributed by atoms with E-state index >= 15 is 0 Å². The van der Waals surface area contributed by atoms with Crippen LogP contribution in [-0.4, -0.2) is 35.3 Å².